The van der Waals surface area contributed by atoms with Gasteiger partial charge in [-0.25, -0.2) is 0 Å². The van der Waals surface area contributed by atoms with E-state index in [-0.39, 0.29) is 23.0 Å². The molecule has 2 amide bonds. The zero-order valence-electron chi connectivity index (χ0n) is 19.1. The number of benzene rings is 2. The van der Waals surface area contributed by atoms with Crippen LogP contribution in [0.15, 0.2) is 48.5 Å². The Balaban J connectivity index is 1.56. The van der Waals surface area contributed by atoms with E-state index in [0.717, 1.165) is 25.9 Å². The number of ether oxygens (including phenoxy) is 2. The highest BCUT2D eigenvalue weighted by atomic mass is 32.1. The Morgan fingerprint density at radius 1 is 1.15 bits per heavy atom. The quantitative estimate of drug-likeness (QED) is 0.478. The summed E-state index contributed by atoms with van der Waals surface area (Å²) in [5.41, 5.74) is 1.38. The van der Waals surface area contributed by atoms with Gasteiger partial charge in [-0.1, -0.05) is 32.0 Å². The van der Waals surface area contributed by atoms with Crippen LogP contribution in [0.5, 0.6) is 5.75 Å². The summed E-state index contributed by atoms with van der Waals surface area (Å²) in [5, 5.41) is 8.63. The van der Waals surface area contributed by atoms with Gasteiger partial charge in [-0.15, -0.1) is 0 Å². The Morgan fingerprint density at radius 2 is 1.97 bits per heavy atom. The maximum atomic E-state index is 12.7. The molecule has 8 heteroatoms. The molecule has 7 nitrogen and oxygen atoms in total. The SMILES string of the molecule is CC(C)CCOc1cccc(C(=O)NC(=S)Nc2ccccc2C(=O)NCC2CCCO2)c1. The molecule has 0 aromatic heterocycles. The number of carbonyl (C=O) groups is 2. The molecule has 0 saturated carbocycles. The number of thiocarbonyl (C=S) groups is 1. The zero-order chi connectivity index (χ0) is 23.6. The van der Waals surface area contributed by atoms with Gasteiger partial charge in [0.1, 0.15) is 5.75 Å². The Labute approximate surface area is 200 Å². The summed E-state index contributed by atoms with van der Waals surface area (Å²) in [4.78, 5) is 25.3. The van der Waals surface area contributed by atoms with Gasteiger partial charge in [-0.3, -0.25) is 14.9 Å². The summed E-state index contributed by atoms with van der Waals surface area (Å²) in [6, 6.07) is 14.0. The summed E-state index contributed by atoms with van der Waals surface area (Å²) in [5.74, 6) is 0.590. The molecular formula is C25H31N3O4S. The van der Waals surface area contributed by atoms with E-state index in [2.05, 4.69) is 29.8 Å². The van der Waals surface area contributed by atoms with Gasteiger partial charge in [0.25, 0.3) is 11.8 Å². The lowest BCUT2D eigenvalue weighted by Gasteiger charge is -2.15. The van der Waals surface area contributed by atoms with Gasteiger partial charge in [-0.2, -0.15) is 0 Å². The highest BCUT2D eigenvalue weighted by Gasteiger charge is 2.18. The number of carbonyl (C=O) groups excluding carboxylic acids is 2. The van der Waals surface area contributed by atoms with Crippen molar-refractivity contribution in [3.05, 3.63) is 59.7 Å². The summed E-state index contributed by atoms with van der Waals surface area (Å²) in [6.07, 6.45) is 2.95. The third-order valence-corrected chi connectivity index (χ3v) is 5.43. The molecule has 0 aliphatic carbocycles. The predicted molar refractivity (Wildman–Crippen MR) is 133 cm³/mol. The first kappa shape index (κ1) is 24.7. The van der Waals surface area contributed by atoms with Crippen LogP contribution < -0.4 is 20.7 Å². The second-order valence-electron chi connectivity index (χ2n) is 8.36. The second-order valence-corrected chi connectivity index (χ2v) is 8.77. The lowest BCUT2D eigenvalue weighted by Crippen LogP contribution is -2.35. The molecule has 1 fully saturated rings. The molecule has 1 aliphatic rings. The fourth-order valence-electron chi connectivity index (χ4n) is 3.37. The number of hydrogen-bond donors (Lipinski definition) is 3. The normalized spacial score (nSPS) is 15.2. The monoisotopic (exact) mass is 469 g/mol. The third kappa shape index (κ3) is 7.83. The van der Waals surface area contributed by atoms with Crippen LogP contribution in [0.2, 0.25) is 0 Å². The van der Waals surface area contributed by atoms with Gasteiger partial charge >= 0.3 is 0 Å². The zero-order valence-corrected chi connectivity index (χ0v) is 19.9. The molecule has 1 saturated heterocycles. The third-order valence-electron chi connectivity index (χ3n) is 5.22. The van der Waals surface area contributed by atoms with Crippen LogP contribution >= 0.6 is 12.2 Å². The van der Waals surface area contributed by atoms with Crippen LogP contribution in [-0.4, -0.2) is 42.8 Å². The molecule has 2 aromatic rings. The van der Waals surface area contributed by atoms with E-state index in [0.29, 0.717) is 41.6 Å². The summed E-state index contributed by atoms with van der Waals surface area (Å²) >= 11 is 5.32. The minimum absolute atomic E-state index is 0.0551. The molecule has 1 unspecified atom stereocenters. The Kier molecular flexibility index (Phi) is 9.21. The van der Waals surface area contributed by atoms with Crippen molar-refractivity contribution in [3.8, 4) is 5.75 Å². The second kappa shape index (κ2) is 12.3. The number of para-hydroxylation sites is 1. The van der Waals surface area contributed by atoms with Crippen molar-refractivity contribution in [1.29, 1.82) is 0 Å². The Morgan fingerprint density at radius 3 is 2.73 bits per heavy atom. The highest BCUT2D eigenvalue weighted by molar-refractivity contribution is 7.80. The highest BCUT2D eigenvalue weighted by Crippen LogP contribution is 2.17. The van der Waals surface area contributed by atoms with Crippen LogP contribution in [0.3, 0.4) is 0 Å². The molecule has 1 atom stereocenters. The van der Waals surface area contributed by atoms with Crippen molar-refractivity contribution in [1.82, 2.24) is 10.6 Å². The summed E-state index contributed by atoms with van der Waals surface area (Å²) < 4.78 is 11.3. The fourth-order valence-corrected chi connectivity index (χ4v) is 3.57. The average molecular weight is 470 g/mol. The topological polar surface area (TPSA) is 88.7 Å². The summed E-state index contributed by atoms with van der Waals surface area (Å²) in [7, 11) is 0. The van der Waals surface area contributed by atoms with Gasteiger partial charge in [-0.05, 0) is 67.7 Å². The maximum Gasteiger partial charge on any atom is 0.257 e. The van der Waals surface area contributed by atoms with E-state index < -0.39 is 0 Å². The maximum absolute atomic E-state index is 12.7. The molecule has 0 spiro atoms. The van der Waals surface area contributed by atoms with E-state index in [1.807, 2.05) is 6.07 Å². The van der Waals surface area contributed by atoms with Gasteiger partial charge in [0.15, 0.2) is 5.11 Å². The van der Waals surface area contributed by atoms with Crippen molar-refractivity contribution in [2.45, 2.75) is 39.2 Å². The van der Waals surface area contributed by atoms with Gasteiger partial charge in [0.2, 0.25) is 0 Å². The van der Waals surface area contributed by atoms with E-state index in [4.69, 9.17) is 21.7 Å². The molecule has 176 valence electrons. The molecule has 33 heavy (non-hydrogen) atoms. The van der Waals surface area contributed by atoms with Crippen molar-refractivity contribution in [2.24, 2.45) is 5.92 Å². The van der Waals surface area contributed by atoms with Crippen LogP contribution in [0.1, 0.15) is 53.8 Å². The van der Waals surface area contributed by atoms with E-state index >= 15 is 0 Å². The molecule has 0 radical (unpaired) electrons. The van der Waals surface area contributed by atoms with Crippen LogP contribution in [-0.2, 0) is 4.74 Å². The minimum atomic E-state index is -0.359. The van der Waals surface area contributed by atoms with Crippen molar-refractivity contribution in [2.75, 3.05) is 25.1 Å². The van der Waals surface area contributed by atoms with Crippen molar-refractivity contribution >= 4 is 34.8 Å². The molecule has 0 bridgehead atoms. The first-order valence-electron chi connectivity index (χ1n) is 11.3. The van der Waals surface area contributed by atoms with Crippen molar-refractivity contribution in [3.63, 3.8) is 0 Å². The largest absolute Gasteiger partial charge is 0.494 e. The van der Waals surface area contributed by atoms with E-state index in [1.54, 1.807) is 42.5 Å². The smallest absolute Gasteiger partial charge is 0.257 e. The average Bonchev–Trinajstić information content (AvgIpc) is 3.31. The summed E-state index contributed by atoms with van der Waals surface area (Å²) in [6.45, 7) is 6.05. The van der Waals surface area contributed by atoms with E-state index in [9.17, 15) is 9.59 Å². The van der Waals surface area contributed by atoms with Crippen LogP contribution in [0.4, 0.5) is 5.69 Å². The Bertz CT molecular complexity index is 974. The molecule has 3 N–H and O–H groups in total. The Hall–Kier alpha value is -2.97. The van der Waals surface area contributed by atoms with Crippen LogP contribution in [0.25, 0.3) is 0 Å². The first-order chi connectivity index (χ1) is 15.9. The number of rotatable bonds is 9. The van der Waals surface area contributed by atoms with Gasteiger partial charge in [0.05, 0.1) is 24.0 Å². The van der Waals surface area contributed by atoms with Gasteiger partial charge < -0.3 is 20.1 Å². The standard InChI is InChI=1S/C25H31N3O4S/c1-17(2)12-14-32-19-8-5-7-18(15-19)23(29)28-25(33)27-22-11-4-3-10-21(22)24(30)26-16-20-9-6-13-31-20/h3-5,7-8,10-11,15,17,20H,6,9,12-14,16H2,1-2H3,(H,26,30)(H2,27,28,29,33). The fraction of sp³-hybridized carbons (Fsp3) is 0.400. The molecule has 1 aliphatic heterocycles. The first-order valence-corrected chi connectivity index (χ1v) is 11.7. The molecule has 3 rings (SSSR count). The molecule has 1 heterocycles. The predicted octanol–water partition coefficient (Wildman–Crippen LogP) is 4.15. The van der Waals surface area contributed by atoms with Crippen molar-refractivity contribution < 1.29 is 19.1 Å². The number of hydrogen-bond acceptors (Lipinski definition) is 5. The van der Waals surface area contributed by atoms with Gasteiger partial charge in [0, 0.05) is 18.7 Å². The number of amides is 2. The van der Waals surface area contributed by atoms with E-state index in [1.165, 1.54) is 0 Å². The molecular weight excluding hydrogens is 438 g/mol. The lowest BCUT2D eigenvalue weighted by atomic mass is 10.1. The van der Waals surface area contributed by atoms with Crippen LogP contribution in [0, 0.1) is 5.92 Å². The molecule has 2 aromatic carbocycles. The number of anilines is 1. The lowest BCUT2D eigenvalue weighted by molar-refractivity contribution is 0.0858. The minimum Gasteiger partial charge on any atom is -0.494 e. The number of nitrogens with one attached hydrogen (secondary N) is 3.